The number of aromatic carboxylic acids is 1. The molecule has 0 saturated carbocycles. The van der Waals surface area contributed by atoms with Crippen LogP contribution in [-0.2, 0) is 0 Å². The monoisotopic (exact) mass is 218 g/mol. The minimum Gasteiger partial charge on any atom is -0.508 e. The van der Waals surface area contributed by atoms with E-state index in [1.807, 2.05) is 0 Å². The molecular weight excluding hydrogens is 208 g/mol. The van der Waals surface area contributed by atoms with Crippen molar-refractivity contribution < 1.29 is 19.4 Å². The first-order chi connectivity index (χ1) is 7.58. The van der Waals surface area contributed by atoms with Gasteiger partial charge in [-0.3, -0.25) is 0 Å². The molecule has 0 aliphatic heterocycles. The van der Waals surface area contributed by atoms with Gasteiger partial charge in [0.25, 0.3) is 0 Å². The number of carboxylic acids is 1. The van der Waals surface area contributed by atoms with Crippen LogP contribution < -0.4 is 0 Å². The van der Waals surface area contributed by atoms with Crippen molar-refractivity contribution in [1.82, 2.24) is 0 Å². The van der Waals surface area contributed by atoms with Crippen LogP contribution in [0.15, 0.2) is 34.7 Å². The van der Waals surface area contributed by atoms with Crippen molar-refractivity contribution in [3.05, 3.63) is 41.7 Å². The molecule has 1 aromatic heterocycles. The van der Waals surface area contributed by atoms with Gasteiger partial charge in [0.15, 0.2) is 0 Å². The number of carbonyl (C=O) groups is 1. The van der Waals surface area contributed by atoms with E-state index in [2.05, 4.69) is 0 Å². The van der Waals surface area contributed by atoms with Crippen LogP contribution in [0.4, 0.5) is 0 Å². The van der Waals surface area contributed by atoms with Crippen molar-refractivity contribution in [3.8, 4) is 17.1 Å². The molecule has 0 amide bonds. The molecule has 82 valence electrons. The van der Waals surface area contributed by atoms with Crippen LogP contribution in [0.25, 0.3) is 11.3 Å². The van der Waals surface area contributed by atoms with E-state index in [0.717, 1.165) is 5.56 Å². The van der Waals surface area contributed by atoms with Crippen LogP contribution in [0, 0.1) is 6.92 Å². The molecule has 0 aliphatic rings. The maximum absolute atomic E-state index is 10.8. The quantitative estimate of drug-likeness (QED) is 0.812. The molecule has 2 rings (SSSR count). The van der Waals surface area contributed by atoms with Crippen LogP contribution >= 0.6 is 0 Å². The molecule has 0 radical (unpaired) electrons. The average Bonchev–Trinajstić information content (AvgIpc) is 2.61. The van der Waals surface area contributed by atoms with Gasteiger partial charge in [-0.2, -0.15) is 0 Å². The van der Waals surface area contributed by atoms with E-state index in [1.54, 1.807) is 19.1 Å². The van der Waals surface area contributed by atoms with Gasteiger partial charge >= 0.3 is 5.97 Å². The predicted molar refractivity (Wildman–Crippen MR) is 57.5 cm³/mol. The first-order valence-electron chi connectivity index (χ1n) is 4.71. The highest BCUT2D eigenvalue weighted by atomic mass is 16.4. The lowest BCUT2D eigenvalue weighted by Gasteiger charge is -1.96. The molecule has 4 heteroatoms. The molecule has 1 aromatic carbocycles. The Morgan fingerprint density at radius 3 is 2.38 bits per heavy atom. The largest absolute Gasteiger partial charge is 0.508 e. The normalized spacial score (nSPS) is 10.3. The fourth-order valence-electron chi connectivity index (χ4n) is 1.46. The summed E-state index contributed by atoms with van der Waals surface area (Å²) in [7, 11) is 0. The van der Waals surface area contributed by atoms with Crippen LogP contribution in [0.1, 0.15) is 16.1 Å². The molecule has 0 atom stereocenters. The Morgan fingerprint density at radius 1 is 1.25 bits per heavy atom. The van der Waals surface area contributed by atoms with Gasteiger partial charge in [0.2, 0.25) is 0 Å². The maximum atomic E-state index is 10.8. The molecule has 2 aromatic rings. The second-order valence-electron chi connectivity index (χ2n) is 3.43. The van der Waals surface area contributed by atoms with E-state index in [9.17, 15) is 4.79 Å². The molecule has 0 fully saturated rings. The van der Waals surface area contributed by atoms with Crippen molar-refractivity contribution in [2.75, 3.05) is 0 Å². The van der Waals surface area contributed by atoms with Crippen LogP contribution in [0.5, 0.6) is 5.75 Å². The summed E-state index contributed by atoms with van der Waals surface area (Å²) in [4.78, 5) is 10.8. The van der Waals surface area contributed by atoms with E-state index >= 15 is 0 Å². The minimum atomic E-state index is -1.01. The molecule has 0 unspecified atom stereocenters. The second-order valence-corrected chi connectivity index (χ2v) is 3.43. The minimum absolute atomic E-state index is 0.156. The van der Waals surface area contributed by atoms with E-state index in [4.69, 9.17) is 14.6 Å². The van der Waals surface area contributed by atoms with Crippen LogP contribution in [-0.4, -0.2) is 16.2 Å². The molecule has 16 heavy (non-hydrogen) atoms. The number of hydrogen-bond acceptors (Lipinski definition) is 3. The second kappa shape index (κ2) is 3.73. The number of aryl methyl sites for hydroxylation is 1. The van der Waals surface area contributed by atoms with Gasteiger partial charge < -0.3 is 14.6 Å². The van der Waals surface area contributed by atoms with Gasteiger partial charge in [-0.1, -0.05) is 0 Å². The lowest BCUT2D eigenvalue weighted by Crippen LogP contribution is -1.94. The number of furan rings is 1. The first kappa shape index (κ1) is 10.3. The Morgan fingerprint density at radius 2 is 1.88 bits per heavy atom. The van der Waals surface area contributed by atoms with Crippen LogP contribution in [0.2, 0.25) is 0 Å². The van der Waals surface area contributed by atoms with Crippen molar-refractivity contribution in [3.63, 3.8) is 0 Å². The Hall–Kier alpha value is -2.23. The molecule has 0 bridgehead atoms. The van der Waals surface area contributed by atoms with Gasteiger partial charge in [0.05, 0.1) is 0 Å². The molecule has 0 spiro atoms. The van der Waals surface area contributed by atoms with E-state index < -0.39 is 5.97 Å². The molecule has 1 heterocycles. The van der Waals surface area contributed by atoms with Crippen molar-refractivity contribution >= 4 is 5.97 Å². The standard InChI is InChI=1S/C12H10O4/c1-7-10(12(14)15)6-11(16-7)8-2-4-9(13)5-3-8/h2-6,13H,1H3,(H,14,15). The summed E-state index contributed by atoms with van der Waals surface area (Å²) in [5.41, 5.74) is 0.886. The molecular formula is C12H10O4. The van der Waals surface area contributed by atoms with Crippen molar-refractivity contribution in [2.45, 2.75) is 6.92 Å². The maximum Gasteiger partial charge on any atom is 0.339 e. The highest BCUT2D eigenvalue weighted by molar-refractivity contribution is 5.90. The van der Waals surface area contributed by atoms with Gasteiger partial charge in [-0.25, -0.2) is 4.79 Å². The number of hydrogen-bond donors (Lipinski definition) is 2. The zero-order valence-corrected chi connectivity index (χ0v) is 8.60. The Kier molecular flexibility index (Phi) is 2.40. The Bertz CT molecular complexity index is 522. The zero-order chi connectivity index (χ0) is 11.7. The van der Waals surface area contributed by atoms with E-state index in [1.165, 1.54) is 18.2 Å². The molecule has 2 N–H and O–H groups in total. The predicted octanol–water partition coefficient (Wildman–Crippen LogP) is 2.66. The third-order valence-corrected chi connectivity index (χ3v) is 2.30. The number of aromatic hydroxyl groups is 1. The van der Waals surface area contributed by atoms with Crippen LogP contribution in [0.3, 0.4) is 0 Å². The summed E-state index contributed by atoms with van der Waals surface area (Å²) < 4.78 is 5.34. The summed E-state index contributed by atoms with van der Waals surface area (Å²) in [6.45, 7) is 1.60. The topological polar surface area (TPSA) is 70.7 Å². The van der Waals surface area contributed by atoms with E-state index in [0.29, 0.717) is 11.5 Å². The Labute approximate surface area is 91.8 Å². The summed E-state index contributed by atoms with van der Waals surface area (Å²) in [6, 6.07) is 7.85. The molecule has 0 saturated heterocycles. The van der Waals surface area contributed by atoms with Gasteiger partial charge in [-0.15, -0.1) is 0 Å². The summed E-state index contributed by atoms with van der Waals surface area (Å²) in [5.74, 6) is 0.00207. The number of rotatable bonds is 2. The third-order valence-electron chi connectivity index (χ3n) is 2.30. The smallest absolute Gasteiger partial charge is 0.339 e. The SMILES string of the molecule is Cc1oc(-c2ccc(O)cc2)cc1C(=O)O. The number of phenols is 1. The summed E-state index contributed by atoms with van der Waals surface area (Å²) in [5, 5.41) is 18.0. The average molecular weight is 218 g/mol. The van der Waals surface area contributed by atoms with Crippen molar-refractivity contribution in [2.24, 2.45) is 0 Å². The van der Waals surface area contributed by atoms with Crippen molar-refractivity contribution in [1.29, 1.82) is 0 Å². The van der Waals surface area contributed by atoms with E-state index in [-0.39, 0.29) is 11.3 Å². The number of benzene rings is 1. The highest BCUT2D eigenvalue weighted by Crippen LogP contribution is 2.26. The lowest BCUT2D eigenvalue weighted by molar-refractivity contribution is 0.0695. The van der Waals surface area contributed by atoms with Gasteiger partial charge in [0.1, 0.15) is 22.8 Å². The fraction of sp³-hybridized carbons (Fsp3) is 0.0833. The van der Waals surface area contributed by atoms with Gasteiger partial charge in [0, 0.05) is 5.56 Å². The number of phenolic OH excluding ortho intramolecular Hbond substituents is 1. The summed E-state index contributed by atoms with van der Waals surface area (Å²) in [6.07, 6.45) is 0. The molecule has 4 nitrogen and oxygen atoms in total. The lowest BCUT2D eigenvalue weighted by atomic mass is 10.1. The highest BCUT2D eigenvalue weighted by Gasteiger charge is 2.14. The Balaban J connectivity index is 2.45. The third kappa shape index (κ3) is 1.77. The molecule has 0 aliphatic carbocycles. The van der Waals surface area contributed by atoms with Gasteiger partial charge in [-0.05, 0) is 37.3 Å². The first-order valence-corrected chi connectivity index (χ1v) is 4.71. The fourth-order valence-corrected chi connectivity index (χ4v) is 1.46. The number of carboxylic acid groups (broad SMARTS) is 1. The summed E-state index contributed by atoms with van der Waals surface area (Å²) >= 11 is 0. The zero-order valence-electron chi connectivity index (χ0n) is 8.60.